The molecule has 1 amide bonds. The summed E-state index contributed by atoms with van der Waals surface area (Å²) >= 11 is 0. The van der Waals surface area contributed by atoms with Gasteiger partial charge in [-0.2, -0.15) is 0 Å². The third kappa shape index (κ3) is 4.48. The molecule has 1 aliphatic heterocycles. The second-order valence-electron chi connectivity index (χ2n) is 6.27. The van der Waals surface area contributed by atoms with Crippen molar-refractivity contribution < 1.29 is 19.2 Å². The highest BCUT2D eigenvalue weighted by atomic mass is 19.1. The maximum atomic E-state index is 13.6. The molecule has 1 fully saturated rings. The number of phenols is 1. The Balaban J connectivity index is 1.45. The van der Waals surface area contributed by atoms with Crippen molar-refractivity contribution in [1.29, 1.82) is 0 Å². The van der Waals surface area contributed by atoms with Crippen LogP contribution in [-0.4, -0.2) is 43.7 Å². The lowest BCUT2D eigenvalue weighted by molar-refractivity contribution is -0.892. The molecule has 0 unspecified atom stereocenters. The number of halogens is 1. The second-order valence-corrected chi connectivity index (χ2v) is 6.27. The van der Waals surface area contributed by atoms with Crippen molar-refractivity contribution in [2.45, 2.75) is 6.54 Å². The predicted molar refractivity (Wildman–Crippen MR) is 94.1 cm³/mol. The minimum Gasteiger partial charge on any atom is -0.506 e. The highest BCUT2D eigenvalue weighted by Gasteiger charge is 2.23. The third-order valence-corrected chi connectivity index (χ3v) is 4.54. The smallest absolute Gasteiger partial charge is 0.275 e. The van der Waals surface area contributed by atoms with Gasteiger partial charge < -0.3 is 20.2 Å². The molecule has 5 nitrogen and oxygen atoms in total. The van der Waals surface area contributed by atoms with Gasteiger partial charge in [0.2, 0.25) is 0 Å². The maximum Gasteiger partial charge on any atom is 0.275 e. The van der Waals surface area contributed by atoms with E-state index in [4.69, 9.17) is 0 Å². The van der Waals surface area contributed by atoms with E-state index in [0.29, 0.717) is 12.1 Å². The zero-order valence-corrected chi connectivity index (χ0v) is 14.0. The number of rotatable bonds is 5. The molecule has 1 aliphatic rings. The number of quaternary nitrogens is 1. The van der Waals surface area contributed by atoms with Crippen LogP contribution in [0.1, 0.15) is 5.56 Å². The van der Waals surface area contributed by atoms with E-state index >= 15 is 0 Å². The molecule has 0 radical (unpaired) electrons. The van der Waals surface area contributed by atoms with E-state index in [9.17, 15) is 14.3 Å². The SMILES string of the molecule is O=C(C[NH+]1CCN(c2ccccc2O)CC1)NCc1ccccc1F. The molecule has 0 atom stereocenters. The number of hydrogen-bond donors (Lipinski definition) is 3. The van der Waals surface area contributed by atoms with E-state index in [1.165, 1.54) is 11.0 Å². The number of para-hydroxylation sites is 2. The summed E-state index contributed by atoms with van der Waals surface area (Å²) in [5.74, 6) is -0.0886. The highest BCUT2D eigenvalue weighted by molar-refractivity contribution is 5.76. The number of benzene rings is 2. The van der Waals surface area contributed by atoms with Crippen LogP contribution in [0.3, 0.4) is 0 Å². The van der Waals surface area contributed by atoms with Gasteiger partial charge in [-0.25, -0.2) is 4.39 Å². The first-order valence-corrected chi connectivity index (χ1v) is 8.50. The fraction of sp³-hybridized carbons (Fsp3) is 0.316. The molecule has 1 saturated heterocycles. The molecule has 3 rings (SSSR count). The second kappa shape index (κ2) is 7.98. The number of carbonyl (C=O) groups is 1. The monoisotopic (exact) mass is 344 g/mol. The minimum absolute atomic E-state index is 0.0748. The third-order valence-electron chi connectivity index (χ3n) is 4.54. The lowest BCUT2D eigenvalue weighted by Crippen LogP contribution is -3.15. The van der Waals surface area contributed by atoms with Crippen LogP contribution in [0, 0.1) is 5.82 Å². The number of nitrogens with one attached hydrogen (secondary N) is 2. The van der Waals surface area contributed by atoms with Crippen LogP contribution in [0.25, 0.3) is 0 Å². The number of hydrogen-bond acceptors (Lipinski definition) is 3. The molecule has 2 aromatic rings. The standard InChI is InChI=1S/C19H22FN3O2/c20-16-6-2-1-5-15(16)13-21-19(25)14-22-9-11-23(12-10-22)17-7-3-4-8-18(17)24/h1-8,24H,9-14H2,(H,21,25)/p+1. The van der Waals surface area contributed by atoms with Gasteiger partial charge in [-0.1, -0.05) is 30.3 Å². The van der Waals surface area contributed by atoms with E-state index in [1.807, 2.05) is 12.1 Å². The number of carbonyl (C=O) groups excluding carboxylic acids is 1. The summed E-state index contributed by atoms with van der Waals surface area (Å²) in [4.78, 5) is 15.4. The van der Waals surface area contributed by atoms with Gasteiger partial charge in [0.25, 0.3) is 5.91 Å². The molecule has 0 spiro atoms. The molecule has 1 heterocycles. The van der Waals surface area contributed by atoms with Crippen LogP contribution in [0.4, 0.5) is 10.1 Å². The van der Waals surface area contributed by atoms with E-state index in [0.717, 1.165) is 31.9 Å². The van der Waals surface area contributed by atoms with Gasteiger partial charge in [-0.3, -0.25) is 4.79 Å². The Hall–Kier alpha value is -2.60. The van der Waals surface area contributed by atoms with Gasteiger partial charge in [0.05, 0.1) is 31.9 Å². The van der Waals surface area contributed by atoms with Crippen LogP contribution in [0.5, 0.6) is 5.75 Å². The molecule has 25 heavy (non-hydrogen) atoms. The molecule has 132 valence electrons. The maximum absolute atomic E-state index is 13.6. The number of piperazine rings is 1. The lowest BCUT2D eigenvalue weighted by Gasteiger charge is -2.33. The first-order chi connectivity index (χ1) is 12.1. The van der Waals surface area contributed by atoms with E-state index < -0.39 is 0 Å². The van der Waals surface area contributed by atoms with Gasteiger partial charge in [0, 0.05) is 12.1 Å². The molecular weight excluding hydrogens is 321 g/mol. The van der Waals surface area contributed by atoms with Crippen molar-refractivity contribution in [3.63, 3.8) is 0 Å². The van der Waals surface area contributed by atoms with Gasteiger partial charge >= 0.3 is 0 Å². The number of phenolic OH excluding ortho intramolecular Hbond substituents is 1. The Labute approximate surface area is 146 Å². The van der Waals surface area contributed by atoms with Crippen LogP contribution in [-0.2, 0) is 11.3 Å². The Morgan fingerprint density at radius 3 is 2.52 bits per heavy atom. The molecule has 6 heteroatoms. The van der Waals surface area contributed by atoms with Crippen LogP contribution >= 0.6 is 0 Å². The molecule has 0 aliphatic carbocycles. The number of nitrogens with zero attached hydrogens (tertiary/aromatic N) is 1. The predicted octanol–water partition coefficient (Wildman–Crippen LogP) is 0.553. The van der Waals surface area contributed by atoms with E-state index in [2.05, 4.69) is 10.2 Å². The van der Waals surface area contributed by atoms with E-state index in [-0.39, 0.29) is 24.0 Å². The number of aromatic hydroxyl groups is 1. The molecule has 3 N–H and O–H groups in total. The fourth-order valence-electron chi connectivity index (χ4n) is 3.10. The summed E-state index contributed by atoms with van der Waals surface area (Å²) in [5, 5.41) is 12.7. The molecule has 2 aromatic carbocycles. The van der Waals surface area contributed by atoms with Crippen molar-refractivity contribution in [3.05, 3.63) is 59.9 Å². The number of anilines is 1. The minimum atomic E-state index is -0.300. The normalized spacial score (nSPS) is 15.2. The first kappa shape index (κ1) is 17.2. The van der Waals surface area contributed by atoms with Gasteiger partial charge in [-0.15, -0.1) is 0 Å². The number of amides is 1. The molecule has 0 aromatic heterocycles. The first-order valence-electron chi connectivity index (χ1n) is 8.50. The van der Waals surface area contributed by atoms with Crippen molar-refractivity contribution in [3.8, 4) is 5.75 Å². The summed E-state index contributed by atoms with van der Waals surface area (Å²) in [6, 6.07) is 13.8. The summed E-state index contributed by atoms with van der Waals surface area (Å²) in [5.41, 5.74) is 1.33. The van der Waals surface area contributed by atoms with Crippen LogP contribution < -0.4 is 15.1 Å². The van der Waals surface area contributed by atoms with Crippen molar-refractivity contribution in [2.24, 2.45) is 0 Å². The van der Waals surface area contributed by atoms with Gasteiger partial charge in [0.1, 0.15) is 11.6 Å². The quantitative estimate of drug-likeness (QED) is 0.743. The Bertz CT molecular complexity index is 730. The van der Waals surface area contributed by atoms with Crippen molar-refractivity contribution in [1.82, 2.24) is 5.32 Å². The largest absolute Gasteiger partial charge is 0.506 e. The average molecular weight is 344 g/mol. The molecular formula is C19H23FN3O2+. The summed E-state index contributed by atoms with van der Waals surface area (Å²) in [6.07, 6.45) is 0. The summed E-state index contributed by atoms with van der Waals surface area (Å²) in [7, 11) is 0. The summed E-state index contributed by atoms with van der Waals surface area (Å²) in [6.45, 7) is 3.80. The fourth-order valence-corrected chi connectivity index (χ4v) is 3.10. The average Bonchev–Trinajstić information content (AvgIpc) is 2.62. The van der Waals surface area contributed by atoms with Gasteiger partial charge in [0.15, 0.2) is 6.54 Å². The van der Waals surface area contributed by atoms with Crippen LogP contribution in [0.15, 0.2) is 48.5 Å². The Kier molecular flexibility index (Phi) is 5.50. The topological polar surface area (TPSA) is 57.0 Å². The molecule has 0 bridgehead atoms. The molecule has 0 saturated carbocycles. The zero-order valence-electron chi connectivity index (χ0n) is 14.0. The lowest BCUT2D eigenvalue weighted by atomic mass is 10.2. The highest BCUT2D eigenvalue weighted by Crippen LogP contribution is 2.25. The van der Waals surface area contributed by atoms with E-state index in [1.54, 1.807) is 30.3 Å². The Morgan fingerprint density at radius 2 is 1.80 bits per heavy atom. The van der Waals surface area contributed by atoms with Gasteiger partial charge in [-0.05, 0) is 18.2 Å². The Morgan fingerprint density at radius 1 is 1.12 bits per heavy atom. The van der Waals surface area contributed by atoms with Crippen molar-refractivity contribution in [2.75, 3.05) is 37.6 Å². The van der Waals surface area contributed by atoms with Crippen molar-refractivity contribution >= 4 is 11.6 Å². The zero-order chi connectivity index (χ0) is 17.6. The van der Waals surface area contributed by atoms with Crippen LogP contribution in [0.2, 0.25) is 0 Å². The summed E-state index contributed by atoms with van der Waals surface area (Å²) < 4.78 is 13.6.